The van der Waals surface area contributed by atoms with Gasteiger partial charge in [-0.25, -0.2) is 9.59 Å². The van der Waals surface area contributed by atoms with Gasteiger partial charge in [0, 0.05) is 5.56 Å². The number of esters is 2. The number of amides is 1. The van der Waals surface area contributed by atoms with E-state index in [4.69, 9.17) is 21.1 Å². The Morgan fingerprint density at radius 2 is 1.44 bits per heavy atom. The van der Waals surface area contributed by atoms with E-state index >= 15 is 0 Å². The van der Waals surface area contributed by atoms with Gasteiger partial charge in [-0.1, -0.05) is 107 Å². The van der Waals surface area contributed by atoms with E-state index in [0.717, 1.165) is 19.3 Å². The summed E-state index contributed by atoms with van der Waals surface area (Å²) in [5.41, 5.74) is 0.678. The molecule has 8 heteroatoms. The van der Waals surface area contributed by atoms with Gasteiger partial charge in [-0.15, -0.1) is 0 Å². The number of anilines is 1. The molecule has 0 heterocycles. The van der Waals surface area contributed by atoms with Crippen LogP contribution in [0.2, 0.25) is 5.02 Å². The Hall–Kier alpha value is -3.19. The standard InChI is InChI=1S/C31H40ClNO6/c1-3-4-5-6-7-8-9-10-11-15-20-38-30(36)23(2)39-31(37)25-18-19-26(32)27(21-25)33-29(35)22-28(34)24-16-13-12-14-17-24/h12-14,16-19,21,23H,3-11,15,20,22H2,1-2H3,(H,33,35). The number of ketones is 1. The van der Waals surface area contributed by atoms with Crippen molar-refractivity contribution in [3.8, 4) is 0 Å². The third-order valence-electron chi connectivity index (χ3n) is 6.25. The van der Waals surface area contributed by atoms with Crippen LogP contribution in [0.3, 0.4) is 0 Å². The predicted molar refractivity (Wildman–Crippen MR) is 153 cm³/mol. The lowest BCUT2D eigenvalue weighted by atomic mass is 10.1. The molecule has 0 aliphatic rings. The lowest BCUT2D eigenvalue weighted by molar-refractivity contribution is -0.153. The fourth-order valence-electron chi connectivity index (χ4n) is 3.97. The number of halogens is 1. The number of ether oxygens (including phenoxy) is 2. The highest BCUT2D eigenvalue weighted by Crippen LogP contribution is 2.24. The maximum atomic E-state index is 12.6. The van der Waals surface area contributed by atoms with E-state index < -0.39 is 23.9 Å². The predicted octanol–water partition coefficient (Wildman–Crippen LogP) is 7.56. The summed E-state index contributed by atoms with van der Waals surface area (Å²) in [5.74, 6) is -2.28. The molecule has 0 fully saturated rings. The highest BCUT2D eigenvalue weighted by molar-refractivity contribution is 6.34. The molecule has 2 aromatic carbocycles. The maximum absolute atomic E-state index is 12.6. The summed E-state index contributed by atoms with van der Waals surface area (Å²) < 4.78 is 10.5. The number of unbranched alkanes of at least 4 members (excludes halogenated alkanes) is 9. The first kappa shape index (κ1) is 32.0. The van der Waals surface area contributed by atoms with Crippen molar-refractivity contribution in [1.29, 1.82) is 0 Å². The summed E-state index contributed by atoms with van der Waals surface area (Å²) in [6.07, 6.45) is 10.4. The van der Waals surface area contributed by atoms with Crippen molar-refractivity contribution in [2.45, 2.75) is 90.6 Å². The summed E-state index contributed by atoms with van der Waals surface area (Å²) in [6, 6.07) is 12.7. The molecule has 0 saturated heterocycles. The lowest BCUT2D eigenvalue weighted by Gasteiger charge is -2.14. The van der Waals surface area contributed by atoms with Crippen LogP contribution in [0, 0.1) is 0 Å². The Morgan fingerprint density at radius 1 is 0.821 bits per heavy atom. The lowest BCUT2D eigenvalue weighted by Crippen LogP contribution is -2.26. The Kier molecular flexibility index (Phi) is 14.9. The van der Waals surface area contributed by atoms with Gasteiger partial charge in [0.05, 0.1) is 29.3 Å². The van der Waals surface area contributed by atoms with E-state index in [1.807, 2.05) is 0 Å². The molecule has 1 atom stereocenters. The molecule has 0 aromatic heterocycles. The molecule has 212 valence electrons. The van der Waals surface area contributed by atoms with Crippen molar-refractivity contribution in [3.05, 3.63) is 64.7 Å². The van der Waals surface area contributed by atoms with Crippen LogP contribution in [0.5, 0.6) is 0 Å². The smallest absolute Gasteiger partial charge is 0.347 e. The fraction of sp³-hybridized carbons (Fsp3) is 0.484. The van der Waals surface area contributed by atoms with E-state index in [1.165, 1.54) is 70.1 Å². The second-order valence-electron chi connectivity index (χ2n) is 9.61. The Labute approximate surface area is 236 Å². The van der Waals surface area contributed by atoms with Crippen molar-refractivity contribution in [2.24, 2.45) is 0 Å². The minimum Gasteiger partial charge on any atom is -0.463 e. The summed E-state index contributed by atoms with van der Waals surface area (Å²) in [6.45, 7) is 3.96. The number of benzene rings is 2. The quantitative estimate of drug-likeness (QED) is 0.0878. The number of nitrogens with one attached hydrogen (secondary N) is 1. The van der Waals surface area contributed by atoms with E-state index in [-0.39, 0.29) is 35.1 Å². The van der Waals surface area contributed by atoms with Crippen molar-refractivity contribution in [1.82, 2.24) is 0 Å². The van der Waals surface area contributed by atoms with Crippen molar-refractivity contribution in [3.63, 3.8) is 0 Å². The van der Waals surface area contributed by atoms with Crippen molar-refractivity contribution >= 4 is 40.9 Å². The van der Waals surface area contributed by atoms with Crippen molar-refractivity contribution < 1.29 is 28.7 Å². The molecule has 7 nitrogen and oxygen atoms in total. The zero-order valence-corrected chi connectivity index (χ0v) is 23.8. The third-order valence-corrected chi connectivity index (χ3v) is 6.58. The zero-order chi connectivity index (χ0) is 28.5. The molecule has 39 heavy (non-hydrogen) atoms. The summed E-state index contributed by atoms with van der Waals surface area (Å²) in [7, 11) is 0. The van der Waals surface area contributed by atoms with E-state index in [2.05, 4.69) is 12.2 Å². The molecule has 2 aromatic rings. The van der Waals surface area contributed by atoms with Gasteiger partial charge >= 0.3 is 11.9 Å². The van der Waals surface area contributed by atoms with E-state index in [1.54, 1.807) is 30.3 Å². The molecule has 0 spiro atoms. The zero-order valence-electron chi connectivity index (χ0n) is 23.0. The number of carbonyl (C=O) groups excluding carboxylic acids is 4. The second kappa shape index (κ2) is 18.2. The normalized spacial score (nSPS) is 11.5. The first-order valence-corrected chi connectivity index (χ1v) is 14.2. The highest BCUT2D eigenvalue weighted by atomic mass is 35.5. The first-order valence-electron chi connectivity index (χ1n) is 13.9. The molecule has 2 rings (SSSR count). The number of carbonyl (C=O) groups is 4. The van der Waals surface area contributed by atoms with E-state index in [9.17, 15) is 19.2 Å². The average Bonchev–Trinajstić information content (AvgIpc) is 2.93. The molecule has 0 bridgehead atoms. The first-order chi connectivity index (χ1) is 18.8. The number of Topliss-reactive ketones (excluding diaryl/α,β-unsaturated/α-hetero) is 1. The van der Waals surface area contributed by atoms with Crippen LogP contribution in [0.1, 0.15) is 105 Å². The molecule has 0 saturated carbocycles. The average molecular weight is 558 g/mol. The van der Waals surface area contributed by atoms with Gasteiger partial charge in [-0.2, -0.15) is 0 Å². The molecule has 0 aliphatic carbocycles. The Morgan fingerprint density at radius 3 is 2.08 bits per heavy atom. The van der Waals surface area contributed by atoms with Crippen LogP contribution < -0.4 is 5.32 Å². The van der Waals surface area contributed by atoms with Gasteiger partial charge in [-0.3, -0.25) is 9.59 Å². The SMILES string of the molecule is CCCCCCCCCCCCOC(=O)C(C)OC(=O)c1ccc(Cl)c(NC(=O)CC(=O)c2ccccc2)c1. The maximum Gasteiger partial charge on any atom is 0.347 e. The number of rotatable bonds is 18. The Balaban J connectivity index is 1.72. The van der Waals surface area contributed by atoms with Gasteiger partial charge in [0.25, 0.3) is 0 Å². The van der Waals surface area contributed by atoms with E-state index in [0.29, 0.717) is 5.56 Å². The van der Waals surface area contributed by atoms with Gasteiger partial charge in [0.2, 0.25) is 5.91 Å². The van der Waals surface area contributed by atoms with Crippen molar-refractivity contribution in [2.75, 3.05) is 11.9 Å². The van der Waals surface area contributed by atoms with Crippen LogP contribution in [0.25, 0.3) is 0 Å². The van der Waals surface area contributed by atoms with Crippen LogP contribution in [-0.4, -0.2) is 36.3 Å². The van der Waals surface area contributed by atoms with Crippen LogP contribution in [-0.2, 0) is 19.1 Å². The van der Waals surface area contributed by atoms with Crippen LogP contribution in [0.15, 0.2) is 48.5 Å². The highest BCUT2D eigenvalue weighted by Gasteiger charge is 2.21. The van der Waals surface area contributed by atoms with Gasteiger partial charge in [0.15, 0.2) is 11.9 Å². The fourth-order valence-corrected chi connectivity index (χ4v) is 4.14. The van der Waals surface area contributed by atoms with Gasteiger partial charge in [0.1, 0.15) is 0 Å². The molecule has 1 unspecified atom stereocenters. The summed E-state index contributed by atoms with van der Waals surface area (Å²) in [4.78, 5) is 49.5. The third kappa shape index (κ3) is 12.5. The Bertz CT molecular complexity index is 1070. The molecular weight excluding hydrogens is 518 g/mol. The molecular formula is C31H40ClNO6. The monoisotopic (exact) mass is 557 g/mol. The summed E-state index contributed by atoms with van der Waals surface area (Å²) >= 11 is 6.17. The van der Waals surface area contributed by atoms with Crippen LogP contribution in [0.4, 0.5) is 5.69 Å². The van der Waals surface area contributed by atoms with Gasteiger partial charge in [-0.05, 0) is 31.5 Å². The molecule has 1 N–H and O–H groups in total. The molecule has 0 aliphatic heterocycles. The summed E-state index contributed by atoms with van der Waals surface area (Å²) in [5, 5.41) is 2.75. The second-order valence-corrected chi connectivity index (χ2v) is 10.0. The minimum absolute atomic E-state index is 0.0958. The number of hydrogen-bond acceptors (Lipinski definition) is 6. The molecule has 0 radical (unpaired) electrons. The van der Waals surface area contributed by atoms with Crippen LogP contribution >= 0.6 is 11.6 Å². The minimum atomic E-state index is -1.09. The molecule has 1 amide bonds. The van der Waals surface area contributed by atoms with Gasteiger partial charge < -0.3 is 14.8 Å². The number of hydrogen-bond donors (Lipinski definition) is 1. The topological polar surface area (TPSA) is 98.8 Å². The largest absolute Gasteiger partial charge is 0.463 e.